The zero-order chi connectivity index (χ0) is 16.8. The van der Waals surface area contributed by atoms with Crippen molar-refractivity contribution in [1.29, 1.82) is 0 Å². The molecule has 1 atom stereocenters. The molecule has 0 unspecified atom stereocenters. The number of hydrogen-bond donors (Lipinski definition) is 2. The molecule has 0 fully saturated rings. The molecule has 2 N–H and O–H groups in total. The highest BCUT2D eigenvalue weighted by atomic mass is 35.5. The molecule has 0 aromatic heterocycles. The quantitative estimate of drug-likeness (QED) is 0.685. The van der Waals surface area contributed by atoms with Crippen LogP contribution in [0.1, 0.15) is 13.3 Å². The van der Waals surface area contributed by atoms with Crippen molar-refractivity contribution in [3.05, 3.63) is 28.2 Å². The predicted octanol–water partition coefficient (Wildman–Crippen LogP) is 1.82. The second-order valence-electron chi connectivity index (χ2n) is 4.62. The van der Waals surface area contributed by atoms with Gasteiger partial charge in [-0.1, -0.05) is 29.3 Å². The third-order valence-corrected chi connectivity index (χ3v) is 4.14. The van der Waals surface area contributed by atoms with Crippen LogP contribution in [0.25, 0.3) is 0 Å². The summed E-state index contributed by atoms with van der Waals surface area (Å²) in [6.07, 6.45) is 0.804. The number of carbonyl (C=O) groups is 1. The van der Waals surface area contributed by atoms with Crippen LogP contribution >= 0.6 is 23.2 Å². The molecule has 0 spiro atoms. The first kappa shape index (κ1) is 19.0. The molecular formula is C13H18Cl2N2O4S. The Morgan fingerprint density at radius 1 is 1.32 bits per heavy atom. The van der Waals surface area contributed by atoms with E-state index in [0.717, 1.165) is 6.26 Å². The Hall–Kier alpha value is -1.02. The van der Waals surface area contributed by atoms with E-state index < -0.39 is 16.1 Å². The van der Waals surface area contributed by atoms with Crippen molar-refractivity contribution in [2.75, 3.05) is 19.3 Å². The highest BCUT2D eigenvalue weighted by molar-refractivity contribution is 7.88. The highest BCUT2D eigenvalue weighted by Crippen LogP contribution is 2.31. The summed E-state index contributed by atoms with van der Waals surface area (Å²) in [5, 5.41) is 3.25. The Labute approximate surface area is 140 Å². The fourth-order valence-electron chi connectivity index (χ4n) is 1.52. The van der Waals surface area contributed by atoms with Crippen LogP contribution in [0.5, 0.6) is 5.75 Å². The summed E-state index contributed by atoms with van der Waals surface area (Å²) in [5.41, 5.74) is 0. The van der Waals surface area contributed by atoms with Crippen LogP contribution in [0.3, 0.4) is 0 Å². The third kappa shape index (κ3) is 6.83. The van der Waals surface area contributed by atoms with Crippen LogP contribution in [0.4, 0.5) is 0 Å². The number of rotatable bonds is 8. The second kappa shape index (κ2) is 8.57. The van der Waals surface area contributed by atoms with Gasteiger partial charge in [0.25, 0.3) is 5.91 Å². The molecule has 0 aliphatic rings. The summed E-state index contributed by atoms with van der Waals surface area (Å²) >= 11 is 11.8. The summed E-state index contributed by atoms with van der Waals surface area (Å²) in [6.45, 7) is 2.17. The van der Waals surface area contributed by atoms with Gasteiger partial charge in [0.2, 0.25) is 10.0 Å². The molecule has 1 rings (SSSR count). The van der Waals surface area contributed by atoms with E-state index in [1.54, 1.807) is 25.1 Å². The third-order valence-electron chi connectivity index (χ3n) is 2.61. The van der Waals surface area contributed by atoms with Crippen LogP contribution < -0.4 is 14.8 Å². The minimum absolute atomic E-state index is 0.251. The SMILES string of the molecule is C[C@@H](Oc1cccc(Cl)c1Cl)C(=O)NCCCNS(C)(=O)=O. The van der Waals surface area contributed by atoms with Crippen LogP contribution in [0.15, 0.2) is 18.2 Å². The lowest BCUT2D eigenvalue weighted by Crippen LogP contribution is -2.37. The first-order chi connectivity index (χ1) is 10.2. The van der Waals surface area contributed by atoms with Crippen LogP contribution in [-0.4, -0.2) is 39.8 Å². The summed E-state index contributed by atoms with van der Waals surface area (Å²) in [7, 11) is -3.21. The minimum atomic E-state index is -3.21. The summed E-state index contributed by atoms with van der Waals surface area (Å²) in [5.74, 6) is 0.00552. The van der Waals surface area contributed by atoms with Gasteiger partial charge in [-0.2, -0.15) is 0 Å². The average Bonchev–Trinajstić information content (AvgIpc) is 2.42. The van der Waals surface area contributed by atoms with Crippen molar-refractivity contribution in [2.45, 2.75) is 19.4 Å². The standard InChI is InChI=1S/C13H18Cl2N2O4S/c1-9(21-11-6-3-5-10(14)12(11)15)13(18)16-7-4-8-17-22(2,19)20/h3,5-6,9,17H,4,7-8H2,1-2H3,(H,16,18)/t9-/m1/s1. The molecule has 0 aliphatic carbocycles. The first-order valence-electron chi connectivity index (χ1n) is 6.53. The number of benzene rings is 1. The topological polar surface area (TPSA) is 84.5 Å². The number of hydrogen-bond acceptors (Lipinski definition) is 4. The molecule has 0 saturated heterocycles. The van der Waals surface area contributed by atoms with Gasteiger partial charge in [0, 0.05) is 13.1 Å². The highest BCUT2D eigenvalue weighted by Gasteiger charge is 2.16. The van der Waals surface area contributed by atoms with Gasteiger partial charge < -0.3 is 10.1 Å². The fourth-order valence-corrected chi connectivity index (χ4v) is 2.37. The van der Waals surface area contributed by atoms with Gasteiger partial charge in [0.15, 0.2) is 6.10 Å². The lowest BCUT2D eigenvalue weighted by Gasteiger charge is -2.16. The van der Waals surface area contributed by atoms with Gasteiger partial charge in [-0.3, -0.25) is 4.79 Å². The van der Waals surface area contributed by atoms with Crippen molar-refractivity contribution in [1.82, 2.24) is 10.0 Å². The molecule has 1 aromatic rings. The van der Waals surface area contributed by atoms with E-state index in [9.17, 15) is 13.2 Å². The van der Waals surface area contributed by atoms with Crippen molar-refractivity contribution in [3.8, 4) is 5.75 Å². The monoisotopic (exact) mass is 368 g/mol. The predicted molar refractivity (Wildman–Crippen MR) is 87.0 cm³/mol. The van der Waals surface area contributed by atoms with Gasteiger partial charge in [0.05, 0.1) is 11.3 Å². The van der Waals surface area contributed by atoms with Crippen molar-refractivity contribution >= 4 is 39.1 Å². The Balaban J connectivity index is 2.38. The maximum Gasteiger partial charge on any atom is 0.260 e. The molecule has 6 nitrogen and oxygen atoms in total. The molecular weight excluding hydrogens is 351 g/mol. The number of sulfonamides is 1. The number of carbonyl (C=O) groups excluding carboxylic acids is 1. The lowest BCUT2D eigenvalue weighted by molar-refractivity contribution is -0.127. The lowest BCUT2D eigenvalue weighted by atomic mass is 10.3. The number of amides is 1. The second-order valence-corrected chi connectivity index (χ2v) is 7.24. The van der Waals surface area contributed by atoms with E-state index in [2.05, 4.69) is 10.0 Å². The molecule has 0 radical (unpaired) electrons. The molecule has 0 aliphatic heterocycles. The Morgan fingerprint density at radius 2 is 2.00 bits per heavy atom. The van der Waals surface area contributed by atoms with Gasteiger partial charge in [-0.25, -0.2) is 13.1 Å². The molecule has 9 heteroatoms. The number of nitrogens with one attached hydrogen (secondary N) is 2. The van der Waals surface area contributed by atoms with Crippen LogP contribution in [-0.2, 0) is 14.8 Å². The Kier molecular flexibility index (Phi) is 7.41. The molecule has 0 bridgehead atoms. The maximum absolute atomic E-state index is 11.9. The van der Waals surface area contributed by atoms with E-state index in [0.29, 0.717) is 23.7 Å². The van der Waals surface area contributed by atoms with E-state index in [-0.39, 0.29) is 17.5 Å². The summed E-state index contributed by atoms with van der Waals surface area (Å²) in [6, 6.07) is 4.91. The van der Waals surface area contributed by atoms with E-state index >= 15 is 0 Å². The summed E-state index contributed by atoms with van der Waals surface area (Å²) < 4.78 is 29.5. The first-order valence-corrected chi connectivity index (χ1v) is 9.18. The van der Waals surface area contributed by atoms with Crippen molar-refractivity contribution in [2.24, 2.45) is 0 Å². The largest absolute Gasteiger partial charge is 0.479 e. The van der Waals surface area contributed by atoms with E-state index in [1.807, 2.05) is 0 Å². The molecule has 0 heterocycles. The molecule has 124 valence electrons. The van der Waals surface area contributed by atoms with Gasteiger partial charge in [0.1, 0.15) is 10.8 Å². The molecule has 1 amide bonds. The Morgan fingerprint density at radius 3 is 2.64 bits per heavy atom. The van der Waals surface area contributed by atoms with Gasteiger partial charge >= 0.3 is 0 Å². The average molecular weight is 369 g/mol. The Bertz CT molecular complexity index is 622. The molecule has 22 heavy (non-hydrogen) atoms. The van der Waals surface area contributed by atoms with E-state index in [4.69, 9.17) is 27.9 Å². The van der Waals surface area contributed by atoms with Gasteiger partial charge in [-0.05, 0) is 25.5 Å². The van der Waals surface area contributed by atoms with Crippen molar-refractivity contribution < 1.29 is 17.9 Å². The van der Waals surface area contributed by atoms with Crippen LogP contribution in [0, 0.1) is 0 Å². The number of halogens is 2. The fraction of sp³-hybridized carbons (Fsp3) is 0.462. The smallest absolute Gasteiger partial charge is 0.260 e. The minimum Gasteiger partial charge on any atom is -0.479 e. The van der Waals surface area contributed by atoms with E-state index in [1.165, 1.54) is 0 Å². The molecule has 1 aromatic carbocycles. The zero-order valence-electron chi connectivity index (χ0n) is 12.2. The zero-order valence-corrected chi connectivity index (χ0v) is 14.6. The van der Waals surface area contributed by atoms with Crippen LogP contribution in [0.2, 0.25) is 10.0 Å². The maximum atomic E-state index is 11.9. The van der Waals surface area contributed by atoms with Crippen molar-refractivity contribution in [3.63, 3.8) is 0 Å². The molecule has 0 saturated carbocycles. The summed E-state index contributed by atoms with van der Waals surface area (Å²) in [4.78, 5) is 11.9. The van der Waals surface area contributed by atoms with Gasteiger partial charge in [-0.15, -0.1) is 0 Å². The number of ether oxygens (including phenoxy) is 1. The normalized spacial score (nSPS) is 12.7.